The van der Waals surface area contributed by atoms with Crippen molar-refractivity contribution in [2.75, 3.05) is 19.0 Å². The van der Waals surface area contributed by atoms with Crippen molar-refractivity contribution in [3.05, 3.63) is 64.9 Å². The molecule has 3 aromatic rings. The maximum absolute atomic E-state index is 15.0. The molecule has 1 aliphatic rings. The lowest BCUT2D eigenvalue weighted by molar-refractivity contribution is 0.102. The minimum absolute atomic E-state index is 0.0309. The van der Waals surface area contributed by atoms with Gasteiger partial charge >= 0.3 is 0 Å². The second-order valence-corrected chi connectivity index (χ2v) is 10.7. The van der Waals surface area contributed by atoms with Crippen LogP contribution in [0.3, 0.4) is 0 Å². The number of anilines is 1. The van der Waals surface area contributed by atoms with Crippen LogP contribution >= 0.6 is 11.8 Å². The standard InChI is InChI=1S/C24H26F2N6O4S/c1-13-5-15(36-32-13)10-35-19-9-28-18(8-29-19)21(33)30-14-6-16(20(26)17(25)7-14)24(3)11-23(2,12-34-4)37-22(27)31-24/h5-9H,10-12H2,1-4H3,(H2,27,31)(H,30,33)/t23-,24+/m1/s1. The predicted octanol–water partition coefficient (Wildman–Crippen LogP) is 3.95. The first kappa shape index (κ1) is 26.5. The summed E-state index contributed by atoms with van der Waals surface area (Å²) in [6.07, 6.45) is 2.80. The summed E-state index contributed by atoms with van der Waals surface area (Å²) in [5.41, 5.74) is 5.52. The van der Waals surface area contributed by atoms with Gasteiger partial charge in [0.05, 0.1) is 30.2 Å². The highest BCUT2D eigenvalue weighted by Gasteiger charge is 2.44. The van der Waals surface area contributed by atoms with E-state index in [2.05, 4.69) is 25.4 Å². The summed E-state index contributed by atoms with van der Waals surface area (Å²) in [5.74, 6) is -2.19. The van der Waals surface area contributed by atoms with Crippen molar-refractivity contribution < 1.29 is 27.6 Å². The van der Waals surface area contributed by atoms with Crippen molar-refractivity contribution in [1.82, 2.24) is 15.1 Å². The highest BCUT2D eigenvalue weighted by Crippen LogP contribution is 2.46. The molecule has 4 rings (SSSR count). The molecule has 1 aromatic carbocycles. The Morgan fingerprint density at radius 1 is 1.24 bits per heavy atom. The molecule has 2 aromatic heterocycles. The van der Waals surface area contributed by atoms with Crippen LogP contribution in [0.1, 0.15) is 47.8 Å². The summed E-state index contributed by atoms with van der Waals surface area (Å²) < 4.78 is 44.9. The van der Waals surface area contributed by atoms with Crippen molar-refractivity contribution in [2.24, 2.45) is 10.7 Å². The molecule has 37 heavy (non-hydrogen) atoms. The van der Waals surface area contributed by atoms with E-state index < -0.39 is 27.8 Å². The number of aryl methyl sites for hydroxylation is 1. The molecule has 10 nitrogen and oxygen atoms in total. The monoisotopic (exact) mass is 532 g/mol. The van der Waals surface area contributed by atoms with E-state index in [9.17, 15) is 13.6 Å². The van der Waals surface area contributed by atoms with Crippen molar-refractivity contribution in [2.45, 2.75) is 44.1 Å². The van der Waals surface area contributed by atoms with E-state index in [0.29, 0.717) is 24.5 Å². The van der Waals surface area contributed by atoms with Gasteiger partial charge in [-0.15, -0.1) is 0 Å². The smallest absolute Gasteiger partial charge is 0.275 e. The Kier molecular flexibility index (Phi) is 7.46. The van der Waals surface area contributed by atoms with Crippen molar-refractivity contribution in [1.29, 1.82) is 0 Å². The molecule has 13 heteroatoms. The number of thioether (sulfide) groups is 1. The van der Waals surface area contributed by atoms with E-state index in [1.807, 2.05) is 6.92 Å². The van der Waals surface area contributed by atoms with Gasteiger partial charge in [0.1, 0.15) is 5.69 Å². The average molecular weight is 533 g/mol. The maximum Gasteiger partial charge on any atom is 0.275 e. The van der Waals surface area contributed by atoms with E-state index >= 15 is 0 Å². The van der Waals surface area contributed by atoms with Crippen LogP contribution in [-0.2, 0) is 16.9 Å². The third-order valence-corrected chi connectivity index (χ3v) is 6.70. The van der Waals surface area contributed by atoms with E-state index in [0.717, 1.165) is 6.07 Å². The molecule has 0 spiro atoms. The third-order valence-electron chi connectivity index (χ3n) is 5.64. The third kappa shape index (κ3) is 6.05. The Labute approximate surface area is 216 Å². The van der Waals surface area contributed by atoms with Gasteiger partial charge in [0.15, 0.2) is 29.2 Å². The normalized spacial score (nSPS) is 21.4. The minimum Gasteiger partial charge on any atom is -0.468 e. The molecule has 0 fully saturated rings. The lowest BCUT2D eigenvalue weighted by Gasteiger charge is -2.41. The molecule has 0 unspecified atom stereocenters. The number of methoxy groups -OCH3 is 1. The summed E-state index contributed by atoms with van der Waals surface area (Å²) in [5, 5.41) is 6.54. The van der Waals surface area contributed by atoms with Gasteiger partial charge in [-0.05, 0) is 33.3 Å². The van der Waals surface area contributed by atoms with Gasteiger partial charge in [0, 0.05) is 35.2 Å². The zero-order chi connectivity index (χ0) is 26.8. The number of nitrogens with one attached hydrogen (secondary N) is 1. The quantitative estimate of drug-likeness (QED) is 0.441. The number of aliphatic imine (C=N–C) groups is 1. The number of aromatic nitrogens is 3. The predicted molar refractivity (Wildman–Crippen MR) is 133 cm³/mol. The van der Waals surface area contributed by atoms with E-state index in [1.165, 1.54) is 30.2 Å². The van der Waals surface area contributed by atoms with Crippen LogP contribution < -0.4 is 15.8 Å². The molecule has 1 aliphatic heterocycles. The van der Waals surface area contributed by atoms with Gasteiger partial charge in [-0.25, -0.2) is 18.7 Å². The maximum atomic E-state index is 15.0. The van der Waals surface area contributed by atoms with Crippen LogP contribution in [0.25, 0.3) is 0 Å². The number of carbonyl (C=O) groups excluding carboxylic acids is 1. The molecule has 1 amide bonds. The van der Waals surface area contributed by atoms with E-state index in [-0.39, 0.29) is 34.6 Å². The topological polar surface area (TPSA) is 138 Å². The fourth-order valence-corrected chi connectivity index (χ4v) is 5.53. The van der Waals surface area contributed by atoms with Gasteiger partial charge in [-0.3, -0.25) is 9.79 Å². The number of halogens is 2. The molecule has 0 aliphatic carbocycles. The Morgan fingerprint density at radius 3 is 2.68 bits per heavy atom. The number of hydrogen-bond acceptors (Lipinski definition) is 10. The van der Waals surface area contributed by atoms with Gasteiger partial charge in [-0.2, -0.15) is 0 Å². The first-order valence-corrected chi connectivity index (χ1v) is 12.0. The summed E-state index contributed by atoms with van der Waals surface area (Å²) in [6.45, 7) is 5.79. The SMILES string of the molecule is COC[C@@]1(C)C[C@@](C)(c2cc(NC(=O)c3cnc(OCc4cc(C)no4)cn3)cc(F)c2F)N=C(N)S1. The molecule has 0 radical (unpaired) electrons. The highest BCUT2D eigenvalue weighted by atomic mass is 32.2. The van der Waals surface area contributed by atoms with Crippen LogP contribution in [-0.4, -0.2) is 44.7 Å². The van der Waals surface area contributed by atoms with Crippen LogP contribution in [0.15, 0.2) is 40.1 Å². The van der Waals surface area contributed by atoms with Crippen molar-refractivity contribution in [3.8, 4) is 5.88 Å². The van der Waals surface area contributed by atoms with Crippen LogP contribution in [0.2, 0.25) is 0 Å². The molecular weight excluding hydrogens is 506 g/mol. The Morgan fingerprint density at radius 2 is 2.03 bits per heavy atom. The van der Waals surface area contributed by atoms with Gasteiger partial charge < -0.3 is 25.0 Å². The van der Waals surface area contributed by atoms with Gasteiger partial charge in [0.25, 0.3) is 5.91 Å². The minimum atomic E-state index is -1.19. The van der Waals surface area contributed by atoms with Crippen LogP contribution in [0.4, 0.5) is 14.5 Å². The Bertz CT molecular complexity index is 1340. The number of hydrogen-bond donors (Lipinski definition) is 2. The molecular formula is C24H26F2N6O4S. The number of ether oxygens (including phenoxy) is 2. The summed E-state index contributed by atoms with van der Waals surface area (Å²) in [6, 6.07) is 3.96. The lowest BCUT2D eigenvalue weighted by atomic mass is 9.83. The largest absolute Gasteiger partial charge is 0.468 e. The number of carbonyl (C=O) groups is 1. The molecule has 3 heterocycles. The highest BCUT2D eigenvalue weighted by molar-refractivity contribution is 8.15. The molecule has 2 atom stereocenters. The molecule has 0 saturated carbocycles. The van der Waals surface area contributed by atoms with E-state index in [4.69, 9.17) is 19.7 Å². The average Bonchev–Trinajstić information content (AvgIpc) is 3.24. The van der Waals surface area contributed by atoms with Gasteiger partial charge in [-0.1, -0.05) is 16.9 Å². The number of amides is 1. The number of nitrogens with zero attached hydrogens (tertiary/aromatic N) is 4. The fourth-order valence-electron chi connectivity index (χ4n) is 4.25. The van der Waals surface area contributed by atoms with Crippen LogP contribution in [0, 0.1) is 18.6 Å². The number of rotatable bonds is 8. The second-order valence-electron chi connectivity index (χ2n) is 9.12. The van der Waals surface area contributed by atoms with Crippen LogP contribution in [0.5, 0.6) is 5.88 Å². The zero-order valence-electron chi connectivity index (χ0n) is 20.7. The zero-order valence-corrected chi connectivity index (χ0v) is 21.5. The summed E-state index contributed by atoms with van der Waals surface area (Å²) in [7, 11) is 1.56. The van der Waals surface area contributed by atoms with Crippen molar-refractivity contribution >= 4 is 28.5 Å². The number of nitrogens with two attached hydrogens (primary N) is 1. The first-order chi connectivity index (χ1) is 17.5. The first-order valence-electron chi connectivity index (χ1n) is 11.2. The van der Waals surface area contributed by atoms with Gasteiger partial charge in [0.2, 0.25) is 5.88 Å². The number of benzene rings is 1. The molecule has 3 N–H and O–H groups in total. The molecule has 196 valence electrons. The second kappa shape index (κ2) is 10.4. The summed E-state index contributed by atoms with van der Waals surface area (Å²) >= 11 is 1.32. The van der Waals surface area contributed by atoms with Crippen molar-refractivity contribution in [3.63, 3.8) is 0 Å². The summed E-state index contributed by atoms with van der Waals surface area (Å²) in [4.78, 5) is 25.3. The Balaban J connectivity index is 1.51. The molecule has 0 bridgehead atoms. The lowest BCUT2D eigenvalue weighted by Crippen LogP contribution is -2.43. The fraction of sp³-hybridized carbons (Fsp3) is 0.375. The molecule has 0 saturated heterocycles. The van der Waals surface area contributed by atoms with E-state index in [1.54, 1.807) is 27.0 Å². The number of amidine groups is 1. The Hall–Kier alpha value is -3.58.